The summed E-state index contributed by atoms with van der Waals surface area (Å²) in [6.45, 7) is 2.11. The number of carbonyl (C=O) groups excluding carboxylic acids is 2. The summed E-state index contributed by atoms with van der Waals surface area (Å²) in [5, 5.41) is 5.62. The van der Waals surface area contributed by atoms with Gasteiger partial charge >= 0.3 is 0 Å². The molecule has 7 heteroatoms. The van der Waals surface area contributed by atoms with Crippen LogP contribution < -0.4 is 5.32 Å². The van der Waals surface area contributed by atoms with Gasteiger partial charge in [-0.2, -0.15) is 0 Å². The van der Waals surface area contributed by atoms with Crippen molar-refractivity contribution < 1.29 is 18.4 Å². The van der Waals surface area contributed by atoms with E-state index in [2.05, 4.69) is 17.2 Å². The molecule has 0 aliphatic heterocycles. The van der Waals surface area contributed by atoms with E-state index < -0.39 is 0 Å². The standard InChI is InChI=1S/C32H32F2N2O2S/c1-2-8-24(10-7-11-26(37)20-17-23-9-3-5-13-28(23)34)32-36-30(21-39-32)31(38)35-29-14-6-4-12-27(29)22-15-18-25(33)19-16-22/h3-6,9,12-16,18-19,21,24H,2,7-8,10-11,17,20H2,1H3,(H,35,38). The average molecular weight is 547 g/mol. The second-order valence-electron chi connectivity index (χ2n) is 9.59. The van der Waals surface area contributed by atoms with E-state index in [9.17, 15) is 18.4 Å². The van der Waals surface area contributed by atoms with Crippen molar-refractivity contribution in [2.45, 2.75) is 57.8 Å². The number of halogens is 2. The lowest BCUT2D eigenvalue weighted by Crippen LogP contribution is -2.13. The highest BCUT2D eigenvalue weighted by molar-refractivity contribution is 7.10. The maximum atomic E-state index is 13.8. The number of carbonyl (C=O) groups is 2. The van der Waals surface area contributed by atoms with Crippen LogP contribution in [0.2, 0.25) is 0 Å². The molecule has 0 spiro atoms. The number of rotatable bonds is 13. The molecular weight excluding hydrogens is 514 g/mol. The number of ketones is 1. The number of aryl methyl sites for hydroxylation is 1. The zero-order valence-electron chi connectivity index (χ0n) is 22.0. The molecule has 0 radical (unpaired) electrons. The highest BCUT2D eigenvalue weighted by Crippen LogP contribution is 2.31. The normalized spacial score (nSPS) is 11.8. The first-order chi connectivity index (χ1) is 18.9. The summed E-state index contributed by atoms with van der Waals surface area (Å²) in [6.07, 6.45) is 4.63. The number of hydrogen-bond donors (Lipinski definition) is 1. The van der Waals surface area contributed by atoms with Crippen LogP contribution >= 0.6 is 11.3 Å². The van der Waals surface area contributed by atoms with Gasteiger partial charge in [-0.25, -0.2) is 13.8 Å². The van der Waals surface area contributed by atoms with Gasteiger partial charge in [-0.1, -0.05) is 61.9 Å². The summed E-state index contributed by atoms with van der Waals surface area (Å²) in [7, 11) is 0. The molecule has 0 saturated heterocycles. The fraction of sp³-hybridized carbons (Fsp3) is 0.281. The van der Waals surface area contributed by atoms with Gasteiger partial charge in [0, 0.05) is 35.4 Å². The SMILES string of the molecule is CCCC(CCCC(=O)CCc1ccccc1F)c1nc(C(=O)Nc2ccccc2-c2ccc(F)cc2)cs1. The van der Waals surface area contributed by atoms with Gasteiger partial charge in [0.1, 0.15) is 23.1 Å². The van der Waals surface area contributed by atoms with Gasteiger partial charge in [0.05, 0.1) is 5.01 Å². The molecule has 4 aromatic rings. The number of nitrogens with one attached hydrogen (secondary N) is 1. The van der Waals surface area contributed by atoms with Crippen LogP contribution in [-0.4, -0.2) is 16.7 Å². The summed E-state index contributed by atoms with van der Waals surface area (Å²) in [5.74, 6) is -0.578. The Labute approximate surface area is 232 Å². The number of thiazole rings is 1. The van der Waals surface area contributed by atoms with E-state index >= 15 is 0 Å². The quantitative estimate of drug-likeness (QED) is 0.183. The molecule has 0 aliphatic rings. The van der Waals surface area contributed by atoms with Gasteiger partial charge in [0.25, 0.3) is 5.91 Å². The van der Waals surface area contributed by atoms with Crippen molar-refractivity contribution in [1.29, 1.82) is 0 Å². The van der Waals surface area contributed by atoms with E-state index in [4.69, 9.17) is 0 Å². The topological polar surface area (TPSA) is 59.1 Å². The number of benzene rings is 3. The van der Waals surface area contributed by atoms with E-state index in [1.807, 2.05) is 24.3 Å². The number of aromatic nitrogens is 1. The lowest BCUT2D eigenvalue weighted by molar-refractivity contribution is -0.119. The smallest absolute Gasteiger partial charge is 0.275 e. The van der Waals surface area contributed by atoms with Crippen LogP contribution in [0.15, 0.2) is 78.2 Å². The number of anilines is 1. The lowest BCUT2D eigenvalue weighted by atomic mass is 9.96. The zero-order valence-corrected chi connectivity index (χ0v) is 22.8. The monoisotopic (exact) mass is 546 g/mol. The van der Waals surface area contributed by atoms with Gasteiger partial charge in [-0.05, 0) is 61.1 Å². The van der Waals surface area contributed by atoms with Gasteiger partial charge < -0.3 is 5.32 Å². The molecule has 1 N–H and O–H groups in total. The number of Topliss-reactive ketones (excluding diaryl/α,β-unsaturated/α-hetero) is 1. The minimum atomic E-state index is -0.316. The lowest BCUT2D eigenvalue weighted by Gasteiger charge is -2.13. The summed E-state index contributed by atoms with van der Waals surface area (Å²) >= 11 is 1.47. The van der Waals surface area contributed by atoms with Crippen molar-refractivity contribution in [3.05, 3.63) is 106 Å². The van der Waals surface area contributed by atoms with Gasteiger partial charge in [0.2, 0.25) is 0 Å². The van der Waals surface area contributed by atoms with Crippen LogP contribution in [0.1, 0.15) is 72.4 Å². The number of amides is 1. The van der Waals surface area contributed by atoms with Crippen molar-refractivity contribution in [2.75, 3.05) is 5.32 Å². The molecule has 3 aromatic carbocycles. The highest BCUT2D eigenvalue weighted by atomic mass is 32.1. The third-order valence-electron chi connectivity index (χ3n) is 6.71. The minimum Gasteiger partial charge on any atom is -0.320 e. The third-order valence-corrected chi connectivity index (χ3v) is 7.72. The van der Waals surface area contributed by atoms with Crippen molar-refractivity contribution in [3.63, 3.8) is 0 Å². The minimum absolute atomic E-state index is 0.132. The average Bonchev–Trinajstić information content (AvgIpc) is 3.44. The van der Waals surface area contributed by atoms with Gasteiger partial charge in [-0.15, -0.1) is 11.3 Å². The van der Waals surface area contributed by atoms with Crippen molar-refractivity contribution in [1.82, 2.24) is 4.98 Å². The van der Waals surface area contributed by atoms with E-state index in [0.717, 1.165) is 41.8 Å². The number of para-hydroxylation sites is 1. The largest absolute Gasteiger partial charge is 0.320 e. The Hall–Kier alpha value is -3.71. The molecule has 0 fully saturated rings. The van der Waals surface area contributed by atoms with Crippen LogP contribution in [0.4, 0.5) is 14.5 Å². The maximum Gasteiger partial charge on any atom is 0.275 e. The fourth-order valence-corrected chi connectivity index (χ4v) is 5.60. The summed E-state index contributed by atoms with van der Waals surface area (Å²) < 4.78 is 27.2. The van der Waals surface area contributed by atoms with Crippen LogP contribution in [-0.2, 0) is 11.2 Å². The molecule has 0 aliphatic carbocycles. The summed E-state index contributed by atoms with van der Waals surface area (Å²) in [6, 6.07) is 20.1. The van der Waals surface area contributed by atoms with Crippen LogP contribution in [0.5, 0.6) is 0 Å². The van der Waals surface area contributed by atoms with E-state index in [-0.39, 0.29) is 29.2 Å². The van der Waals surface area contributed by atoms with Crippen molar-refractivity contribution in [2.24, 2.45) is 0 Å². The second-order valence-corrected chi connectivity index (χ2v) is 10.5. The Morgan fingerprint density at radius 3 is 2.44 bits per heavy atom. The van der Waals surface area contributed by atoms with E-state index in [1.165, 1.54) is 29.5 Å². The molecule has 1 unspecified atom stereocenters. The maximum absolute atomic E-state index is 13.8. The Morgan fingerprint density at radius 1 is 0.923 bits per heavy atom. The van der Waals surface area contributed by atoms with Crippen LogP contribution in [0.25, 0.3) is 11.1 Å². The molecule has 1 amide bonds. The molecule has 0 saturated carbocycles. The first-order valence-electron chi connectivity index (χ1n) is 13.3. The second kappa shape index (κ2) is 13.9. The molecular formula is C32H32F2N2O2S. The molecule has 4 nitrogen and oxygen atoms in total. The molecule has 1 aromatic heterocycles. The molecule has 39 heavy (non-hydrogen) atoms. The Bertz CT molecular complexity index is 1400. The zero-order chi connectivity index (χ0) is 27.6. The van der Waals surface area contributed by atoms with Crippen LogP contribution in [0.3, 0.4) is 0 Å². The predicted octanol–water partition coefficient (Wildman–Crippen LogP) is 8.60. The van der Waals surface area contributed by atoms with Gasteiger partial charge in [0.15, 0.2) is 0 Å². The van der Waals surface area contributed by atoms with E-state index in [0.29, 0.717) is 36.2 Å². The number of hydrogen-bond acceptors (Lipinski definition) is 4. The molecule has 0 bridgehead atoms. The van der Waals surface area contributed by atoms with Gasteiger partial charge in [-0.3, -0.25) is 9.59 Å². The first-order valence-corrected chi connectivity index (χ1v) is 14.2. The number of nitrogens with zero attached hydrogens (tertiary/aromatic N) is 1. The predicted molar refractivity (Wildman–Crippen MR) is 153 cm³/mol. The van der Waals surface area contributed by atoms with Crippen molar-refractivity contribution >= 4 is 28.7 Å². The summed E-state index contributed by atoms with van der Waals surface area (Å²) in [5.41, 5.74) is 3.15. The van der Waals surface area contributed by atoms with Crippen LogP contribution in [0, 0.1) is 11.6 Å². The van der Waals surface area contributed by atoms with E-state index in [1.54, 1.807) is 35.7 Å². The Morgan fingerprint density at radius 2 is 1.67 bits per heavy atom. The first kappa shape index (κ1) is 28.3. The Balaban J connectivity index is 1.34. The molecule has 1 atom stereocenters. The fourth-order valence-electron chi connectivity index (χ4n) is 4.62. The molecule has 4 rings (SSSR count). The highest BCUT2D eigenvalue weighted by Gasteiger charge is 2.19. The van der Waals surface area contributed by atoms with Crippen molar-refractivity contribution in [3.8, 4) is 11.1 Å². The summed E-state index contributed by atoms with van der Waals surface area (Å²) in [4.78, 5) is 30.1. The molecule has 1 heterocycles. The molecule has 202 valence electrons. The Kier molecular flexibility index (Phi) is 10.1. The third kappa shape index (κ3) is 7.90.